The highest BCUT2D eigenvalue weighted by Crippen LogP contribution is 2.27. The quantitative estimate of drug-likeness (QED) is 0.864. The predicted octanol–water partition coefficient (Wildman–Crippen LogP) is 3.06. The number of benzene rings is 1. The number of halogens is 1. The van der Waals surface area contributed by atoms with Crippen LogP contribution in [0.1, 0.15) is 17.3 Å². The molecule has 7 heteroatoms. The number of carbonyl (C=O) groups excluding carboxylic acids is 2. The molecule has 2 rings (SSSR count). The molecule has 1 aliphatic rings. The number of amides is 1. The third-order valence-electron chi connectivity index (χ3n) is 2.80. The molecule has 0 radical (unpaired) electrons. The van der Waals surface area contributed by atoms with Gasteiger partial charge in [-0.3, -0.25) is 4.79 Å². The van der Waals surface area contributed by atoms with Crippen LogP contribution in [0, 0.1) is 0 Å². The first-order valence-corrected chi connectivity index (χ1v) is 7.55. The minimum absolute atomic E-state index is 0.204. The molecule has 0 spiro atoms. The van der Waals surface area contributed by atoms with Crippen molar-refractivity contribution in [1.82, 2.24) is 0 Å². The Balaban J connectivity index is 2.20. The van der Waals surface area contributed by atoms with Gasteiger partial charge in [-0.05, 0) is 25.1 Å². The van der Waals surface area contributed by atoms with Crippen molar-refractivity contribution in [2.45, 2.75) is 6.92 Å². The third kappa shape index (κ3) is 3.71. The third-order valence-corrected chi connectivity index (χ3v) is 4.27. The van der Waals surface area contributed by atoms with Gasteiger partial charge in [0.05, 0.1) is 24.3 Å². The zero-order valence-electron chi connectivity index (χ0n) is 11.6. The number of allylic oxidation sites excluding steroid dienone is 1. The van der Waals surface area contributed by atoms with Crippen LogP contribution in [0.4, 0.5) is 5.69 Å². The van der Waals surface area contributed by atoms with Crippen molar-refractivity contribution < 1.29 is 19.1 Å². The van der Waals surface area contributed by atoms with Gasteiger partial charge in [0.2, 0.25) is 0 Å². The standard InChI is InChI=1S/C14H14ClNO4S/c1-8-12(21-6-5-20-8)13(17)16-9-3-4-11(15)10(7-9)14(18)19-2/h3-4,7H,5-6H2,1-2H3,(H,16,17). The van der Waals surface area contributed by atoms with Crippen molar-refractivity contribution in [3.63, 3.8) is 0 Å². The Hall–Kier alpha value is -1.66. The van der Waals surface area contributed by atoms with E-state index in [2.05, 4.69) is 10.1 Å². The van der Waals surface area contributed by atoms with Gasteiger partial charge in [0.15, 0.2) is 0 Å². The molecule has 1 amide bonds. The number of hydrogen-bond acceptors (Lipinski definition) is 5. The van der Waals surface area contributed by atoms with Crippen LogP contribution in [0.5, 0.6) is 0 Å². The molecule has 0 unspecified atom stereocenters. The highest BCUT2D eigenvalue weighted by atomic mass is 35.5. The van der Waals surface area contributed by atoms with Gasteiger partial charge in [-0.15, -0.1) is 11.8 Å². The molecule has 1 aromatic carbocycles. The summed E-state index contributed by atoms with van der Waals surface area (Å²) in [4.78, 5) is 24.3. The van der Waals surface area contributed by atoms with Crippen molar-refractivity contribution in [3.05, 3.63) is 39.4 Å². The zero-order valence-corrected chi connectivity index (χ0v) is 13.1. The van der Waals surface area contributed by atoms with E-state index in [-0.39, 0.29) is 16.5 Å². The molecule has 0 atom stereocenters. The van der Waals surface area contributed by atoms with E-state index in [0.717, 1.165) is 5.75 Å². The van der Waals surface area contributed by atoms with Crippen LogP contribution >= 0.6 is 23.4 Å². The number of rotatable bonds is 3. The first kappa shape index (κ1) is 15.7. The molecule has 0 aliphatic carbocycles. The number of methoxy groups -OCH3 is 1. The normalized spacial score (nSPS) is 14.4. The Morgan fingerprint density at radius 2 is 2.19 bits per heavy atom. The molecule has 21 heavy (non-hydrogen) atoms. The van der Waals surface area contributed by atoms with E-state index < -0.39 is 5.97 Å². The van der Waals surface area contributed by atoms with E-state index in [0.29, 0.717) is 23.0 Å². The Bertz CT molecular complexity index is 615. The zero-order chi connectivity index (χ0) is 15.4. The van der Waals surface area contributed by atoms with Gasteiger partial charge < -0.3 is 14.8 Å². The van der Waals surface area contributed by atoms with E-state index in [4.69, 9.17) is 16.3 Å². The van der Waals surface area contributed by atoms with Crippen LogP contribution in [0.15, 0.2) is 28.9 Å². The molecule has 1 aromatic rings. The monoisotopic (exact) mass is 327 g/mol. The highest BCUT2D eigenvalue weighted by molar-refractivity contribution is 8.04. The maximum Gasteiger partial charge on any atom is 0.339 e. The summed E-state index contributed by atoms with van der Waals surface area (Å²) in [6.45, 7) is 2.35. The first-order valence-electron chi connectivity index (χ1n) is 6.18. The molecular weight excluding hydrogens is 314 g/mol. The van der Waals surface area contributed by atoms with Crippen molar-refractivity contribution in [2.75, 3.05) is 24.8 Å². The second-order valence-electron chi connectivity index (χ2n) is 4.22. The maximum atomic E-state index is 12.2. The average molecular weight is 328 g/mol. The number of carbonyl (C=O) groups is 2. The minimum atomic E-state index is -0.554. The number of hydrogen-bond donors (Lipinski definition) is 1. The molecule has 0 saturated heterocycles. The molecule has 1 N–H and O–H groups in total. The van der Waals surface area contributed by atoms with Gasteiger partial charge in [0.1, 0.15) is 10.7 Å². The van der Waals surface area contributed by atoms with E-state index in [1.54, 1.807) is 13.0 Å². The summed E-state index contributed by atoms with van der Waals surface area (Å²) in [6.07, 6.45) is 0. The number of ether oxygens (including phenoxy) is 2. The molecular formula is C14H14ClNO4S. The van der Waals surface area contributed by atoms with Crippen LogP contribution in [0.25, 0.3) is 0 Å². The Morgan fingerprint density at radius 1 is 1.43 bits per heavy atom. The van der Waals surface area contributed by atoms with Gasteiger partial charge in [-0.1, -0.05) is 11.6 Å². The molecule has 0 bridgehead atoms. The fraction of sp³-hybridized carbons (Fsp3) is 0.286. The lowest BCUT2D eigenvalue weighted by atomic mass is 10.2. The largest absolute Gasteiger partial charge is 0.496 e. The molecule has 1 heterocycles. The lowest BCUT2D eigenvalue weighted by molar-refractivity contribution is -0.112. The second-order valence-corrected chi connectivity index (χ2v) is 5.73. The molecule has 0 aromatic heterocycles. The summed E-state index contributed by atoms with van der Waals surface area (Å²) in [5, 5.41) is 2.99. The lowest BCUT2D eigenvalue weighted by Crippen LogP contribution is -2.18. The maximum absolute atomic E-state index is 12.2. The van der Waals surface area contributed by atoms with Gasteiger partial charge in [0.25, 0.3) is 5.91 Å². The summed E-state index contributed by atoms with van der Waals surface area (Å²) in [5.41, 5.74) is 0.673. The van der Waals surface area contributed by atoms with Crippen LogP contribution < -0.4 is 5.32 Å². The number of esters is 1. The van der Waals surface area contributed by atoms with Gasteiger partial charge in [-0.2, -0.15) is 0 Å². The van der Waals surface area contributed by atoms with E-state index in [1.165, 1.54) is 31.0 Å². The van der Waals surface area contributed by atoms with Crippen molar-refractivity contribution >= 4 is 40.9 Å². The topological polar surface area (TPSA) is 64.6 Å². The minimum Gasteiger partial charge on any atom is -0.496 e. The summed E-state index contributed by atoms with van der Waals surface area (Å²) in [7, 11) is 1.27. The fourth-order valence-corrected chi connectivity index (χ4v) is 2.80. The lowest BCUT2D eigenvalue weighted by Gasteiger charge is -2.18. The van der Waals surface area contributed by atoms with Gasteiger partial charge >= 0.3 is 5.97 Å². The summed E-state index contributed by atoms with van der Waals surface area (Å²) < 4.78 is 9.99. The second kappa shape index (κ2) is 6.87. The van der Waals surface area contributed by atoms with Gasteiger partial charge in [-0.25, -0.2) is 4.79 Å². The smallest absolute Gasteiger partial charge is 0.339 e. The number of anilines is 1. The summed E-state index contributed by atoms with van der Waals surface area (Å²) in [6, 6.07) is 4.64. The summed E-state index contributed by atoms with van der Waals surface area (Å²) in [5.74, 6) is 0.511. The van der Waals surface area contributed by atoms with Crippen molar-refractivity contribution in [1.29, 1.82) is 0 Å². The Morgan fingerprint density at radius 3 is 2.86 bits per heavy atom. The number of nitrogens with one attached hydrogen (secondary N) is 1. The predicted molar refractivity (Wildman–Crippen MR) is 82.5 cm³/mol. The van der Waals surface area contributed by atoms with Crippen LogP contribution in [-0.2, 0) is 14.3 Å². The Labute approximate surface area is 131 Å². The van der Waals surface area contributed by atoms with Crippen molar-refractivity contribution in [2.24, 2.45) is 0 Å². The van der Waals surface area contributed by atoms with Crippen LogP contribution in [0.2, 0.25) is 5.02 Å². The van der Waals surface area contributed by atoms with E-state index in [1.807, 2.05) is 0 Å². The molecule has 5 nitrogen and oxygen atoms in total. The van der Waals surface area contributed by atoms with E-state index >= 15 is 0 Å². The van der Waals surface area contributed by atoms with E-state index in [9.17, 15) is 9.59 Å². The SMILES string of the molecule is COC(=O)c1cc(NC(=O)C2=C(C)OCCS2)ccc1Cl. The van der Waals surface area contributed by atoms with Crippen LogP contribution in [-0.4, -0.2) is 31.3 Å². The molecule has 0 fully saturated rings. The number of thioether (sulfide) groups is 1. The Kier molecular flexibility index (Phi) is 5.14. The molecule has 112 valence electrons. The highest BCUT2D eigenvalue weighted by Gasteiger charge is 2.19. The summed E-state index contributed by atoms with van der Waals surface area (Å²) >= 11 is 7.37. The van der Waals surface area contributed by atoms with Crippen LogP contribution in [0.3, 0.4) is 0 Å². The van der Waals surface area contributed by atoms with Gasteiger partial charge in [0, 0.05) is 11.4 Å². The fourth-order valence-electron chi connectivity index (χ4n) is 1.79. The van der Waals surface area contributed by atoms with Crippen molar-refractivity contribution in [3.8, 4) is 0 Å². The average Bonchev–Trinajstić information content (AvgIpc) is 2.48. The molecule has 0 saturated carbocycles. The molecule has 1 aliphatic heterocycles. The first-order chi connectivity index (χ1) is 10.0.